The molecule has 206 valence electrons. The highest BCUT2D eigenvalue weighted by molar-refractivity contribution is 7.90. The lowest BCUT2D eigenvalue weighted by molar-refractivity contribution is -0.133. The molecule has 0 aliphatic heterocycles. The van der Waals surface area contributed by atoms with Crippen LogP contribution in [0, 0.1) is 0 Å². The van der Waals surface area contributed by atoms with E-state index in [2.05, 4.69) is 22.5 Å². The number of phenolic OH excluding ortho intramolecular Hbond substituents is 1. The van der Waals surface area contributed by atoms with Crippen LogP contribution in [0.25, 0.3) is 0 Å². The molecular weight excluding hydrogens is 504 g/mol. The van der Waals surface area contributed by atoms with E-state index >= 15 is 0 Å². The third-order valence-electron chi connectivity index (χ3n) is 5.95. The molecule has 0 radical (unpaired) electrons. The third kappa shape index (κ3) is 11.4. The molecule has 0 saturated heterocycles. The molecule has 3 amide bonds. The zero-order valence-electron chi connectivity index (χ0n) is 22.0. The molecule has 38 heavy (non-hydrogen) atoms. The number of nitrogens with zero attached hydrogens (tertiary/aromatic N) is 1. The van der Waals surface area contributed by atoms with Gasteiger partial charge in [-0.1, -0.05) is 59.7 Å². The van der Waals surface area contributed by atoms with Gasteiger partial charge in [0.2, 0.25) is 17.7 Å². The van der Waals surface area contributed by atoms with Gasteiger partial charge in [-0.05, 0) is 36.1 Å². The topological polar surface area (TPSA) is 134 Å². The first-order valence-corrected chi connectivity index (χ1v) is 14.2. The van der Waals surface area contributed by atoms with Gasteiger partial charge in [-0.2, -0.15) is 0 Å². The van der Waals surface area contributed by atoms with E-state index in [0.717, 1.165) is 11.1 Å². The van der Waals surface area contributed by atoms with Gasteiger partial charge in [0.1, 0.15) is 17.5 Å². The second-order valence-corrected chi connectivity index (χ2v) is 10.6. The largest absolute Gasteiger partial charge is 0.617 e. The highest BCUT2D eigenvalue weighted by atomic mass is 32.2. The average molecular weight is 543 g/mol. The van der Waals surface area contributed by atoms with Crippen LogP contribution in [0.1, 0.15) is 17.5 Å². The summed E-state index contributed by atoms with van der Waals surface area (Å²) in [4.78, 5) is 40.2. The van der Waals surface area contributed by atoms with Crippen molar-refractivity contribution in [2.45, 2.75) is 31.3 Å². The van der Waals surface area contributed by atoms with E-state index in [-0.39, 0.29) is 30.4 Å². The Morgan fingerprint density at radius 3 is 2.37 bits per heavy atom. The van der Waals surface area contributed by atoms with Crippen LogP contribution in [-0.4, -0.2) is 83.1 Å². The van der Waals surface area contributed by atoms with Gasteiger partial charge < -0.3 is 30.5 Å². The van der Waals surface area contributed by atoms with Crippen LogP contribution in [0.15, 0.2) is 67.3 Å². The molecule has 2 aromatic rings. The van der Waals surface area contributed by atoms with E-state index < -0.39 is 35.1 Å². The number of hydrogen-bond donors (Lipinski definition) is 4. The lowest BCUT2D eigenvalue weighted by Gasteiger charge is -2.24. The molecule has 0 fully saturated rings. The third-order valence-corrected chi connectivity index (χ3v) is 6.76. The second kappa shape index (κ2) is 16.5. The molecule has 0 spiro atoms. The fourth-order valence-electron chi connectivity index (χ4n) is 3.66. The molecular formula is C28H38N4O5S. The first-order chi connectivity index (χ1) is 18.2. The number of hydrogen-bond acceptors (Lipinski definition) is 6. The monoisotopic (exact) mass is 542 g/mol. The van der Waals surface area contributed by atoms with E-state index in [1.54, 1.807) is 42.3 Å². The van der Waals surface area contributed by atoms with Crippen molar-refractivity contribution in [2.24, 2.45) is 0 Å². The van der Waals surface area contributed by atoms with Crippen molar-refractivity contribution in [2.75, 3.05) is 38.7 Å². The van der Waals surface area contributed by atoms with E-state index in [0.29, 0.717) is 25.9 Å². The van der Waals surface area contributed by atoms with Crippen LogP contribution in [-0.2, 0) is 38.4 Å². The number of carbonyl (C=O) groups excluding carboxylic acids is 3. The number of aromatic hydroxyl groups is 1. The molecule has 0 aliphatic carbocycles. The van der Waals surface area contributed by atoms with Crippen molar-refractivity contribution in [3.63, 3.8) is 0 Å². The molecule has 4 N–H and O–H groups in total. The molecule has 0 bridgehead atoms. The van der Waals surface area contributed by atoms with Crippen LogP contribution >= 0.6 is 0 Å². The Hall–Kier alpha value is -3.34. The summed E-state index contributed by atoms with van der Waals surface area (Å²) < 4.78 is 11.7. The Labute approximate surface area is 227 Å². The number of benzene rings is 2. The number of phenols is 1. The Bertz CT molecular complexity index is 1030. The van der Waals surface area contributed by atoms with Gasteiger partial charge in [-0.3, -0.25) is 14.4 Å². The van der Waals surface area contributed by atoms with Crippen molar-refractivity contribution in [3.8, 4) is 5.75 Å². The summed E-state index contributed by atoms with van der Waals surface area (Å²) in [6, 6.07) is 14.7. The fraction of sp³-hybridized carbons (Fsp3) is 0.393. The van der Waals surface area contributed by atoms with Gasteiger partial charge in [0, 0.05) is 26.6 Å². The Morgan fingerprint density at radius 2 is 1.74 bits per heavy atom. The molecule has 2 rings (SSSR count). The predicted molar refractivity (Wildman–Crippen MR) is 150 cm³/mol. The van der Waals surface area contributed by atoms with Crippen molar-refractivity contribution in [1.82, 2.24) is 20.9 Å². The van der Waals surface area contributed by atoms with Crippen molar-refractivity contribution in [1.29, 1.82) is 0 Å². The van der Waals surface area contributed by atoms with E-state index in [1.165, 1.54) is 6.26 Å². The first kappa shape index (κ1) is 30.9. The minimum absolute atomic E-state index is 0.123. The maximum absolute atomic E-state index is 13.2. The molecule has 0 aliphatic rings. The molecule has 0 saturated carbocycles. The first-order valence-electron chi connectivity index (χ1n) is 12.5. The normalized spacial score (nSPS) is 13.1. The summed E-state index contributed by atoms with van der Waals surface area (Å²) in [6.07, 6.45) is 4.33. The predicted octanol–water partition coefficient (Wildman–Crippen LogP) is 1.15. The maximum Gasteiger partial charge on any atom is 0.243 e. The van der Waals surface area contributed by atoms with E-state index in [9.17, 15) is 24.0 Å². The van der Waals surface area contributed by atoms with E-state index in [1.807, 2.05) is 30.3 Å². The van der Waals surface area contributed by atoms with Gasteiger partial charge in [0.25, 0.3) is 0 Å². The van der Waals surface area contributed by atoms with Gasteiger partial charge in [-0.15, -0.1) is 6.58 Å². The molecule has 2 aromatic carbocycles. The zero-order chi connectivity index (χ0) is 27.9. The standard InChI is InChI=1S/C28H38N4O5S/c1-4-16-29-25(19-22-10-12-23(33)13-11-22)28(36)31-24(15-18-38(3)37)27(35)30-20-26(34)32(2)17-14-21-8-6-5-7-9-21/h4-13,24-25,29,33H,1,14-20H2,2-3H3,(H,30,35)(H,31,36)/t24-,25-,38?/m0/s1. The van der Waals surface area contributed by atoms with Gasteiger partial charge in [-0.25, -0.2) is 0 Å². The van der Waals surface area contributed by atoms with Crippen LogP contribution in [0.4, 0.5) is 0 Å². The molecule has 10 heteroatoms. The maximum atomic E-state index is 13.2. The molecule has 3 atom stereocenters. The number of rotatable bonds is 16. The van der Waals surface area contributed by atoms with Crippen molar-refractivity contribution in [3.05, 3.63) is 78.4 Å². The summed E-state index contributed by atoms with van der Waals surface area (Å²) in [6.45, 7) is 4.33. The minimum atomic E-state index is -1.17. The number of carbonyl (C=O) groups is 3. The molecule has 0 aromatic heterocycles. The Kier molecular flexibility index (Phi) is 13.4. The highest BCUT2D eigenvalue weighted by Gasteiger charge is 2.27. The highest BCUT2D eigenvalue weighted by Crippen LogP contribution is 2.12. The quantitative estimate of drug-likeness (QED) is 0.186. The number of amides is 3. The van der Waals surface area contributed by atoms with Crippen LogP contribution in [0.3, 0.4) is 0 Å². The minimum Gasteiger partial charge on any atom is -0.617 e. The van der Waals surface area contributed by atoms with Crippen molar-refractivity contribution < 1.29 is 24.0 Å². The lowest BCUT2D eigenvalue weighted by atomic mass is 10.0. The van der Waals surface area contributed by atoms with Gasteiger partial charge in [0.05, 0.1) is 18.8 Å². The SMILES string of the molecule is C=CCN[C@@H](Cc1ccc(O)cc1)C(=O)N[C@@H](CC[S+](C)[O-])C(=O)NCC(=O)N(C)CCc1ccccc1. The van der Waals surface area contributed by atoms with Crippen LogP contribution in [0.2, 0.25) is 0 Å². The summed E-state index contributed by atoms with van der Waals surface area (Å²) in [7, 11) is 1.68. The Balaban J connectivity index is 1.98. The average Bonchev–Trinajstić information content (AvgIpc) is 2.91. The van der Waals surface area contributed by atoms with Gasteiger partial charge >= 0.3 is 0 Å². The zero-order valence-corrected chi connectivity index (χ0v) is 22.8. The molecule has 9 nitrogen and oxygen atoms in total. The number of likely N-dealkylation sites (N-methyl/N-ethyl adjacent to an activating group) is 1. The lowest BCUT2D eigenvalue weighted by Crippen LogP contribution is -2.54. The summed E-state index contributed by atoms with van der Waals surface area (Å²) >= 11 is -1.17. The summed E-state index contributed by atoms with van der Waals surface area (Å²) in [5.74, 6) is -0.838. The molecule has 0 heterocycles. The smallest absolute Gasteiger partial charge is 0.243 e. The molecule has 1 unspecified atom stereocenters. The fourth-order valence-corrected chi connectivity index (χ4v) is 4.23. The van der Waals surface area contributed by atoms with Crippen LogP contribution < -0.4 is 16.0 Å². The Morgan fingerprint density at radius 1 is 1.05 bits per heavy atom. The van der Waals surface area contributed by atoms with Crippen LogP contribution in [0.5, 0.6) is 5.75 Å². The van der Waals surface area contributed by atoms with E-state index in [4.69, 9.17) is 0 Å². The van der Waals surface area contributed by atoms with Crippen molar-refractivity contribution >= 4 is 28.9 Å². The summed E-state index contributed by atoms with van der Waals surface area (Å²) in [5.41, 5.74) is 1.93. The van der Waals surface area contributed by atoms with Gasteiger partial charge in [0.15, 0.2) is 0 Å². The second-order valence-electron chi connectivity index (χ2n) is 9.02. The number of nitrogens with one attached hydrogen (secondary N) is 3. The summed E-state index contributed by atoms with van der Waals surface area (Å²) in [5, 5.41) is 18.0.